The molecule has 0 heterocycles. The van der Waals surface area contributed by atoms with Crippen LogP contribution in [0, 0.1) is 5.92 Å². The topological polar surface area (TPSA) is 92.4 Å². The van der Waals surface area contributed by atoms with Gasteiger partial charge in [0.15, 0.2) is 0 Å². The van der Waals surface area contributed by atoms with Gasteiger partial charge in [-0.25, -0.2) is 0 Å². The third-order valence-corrected chi connectivity index (χ3v) is 3.49. The molecule has 5 heteroatoms. The van der Waals surface area contributed by atoms with Gasteiger partial charge in [0.25, 0.3) is 0 Å². The Morgan fingerprint density at radius 3 is 2.38 bits per heavy atom. The van der Waals surface area contributed by atoms with E-state index in [4.69, 9.17) is 5.73 Å². The van der Waals surface area contributed by atoms with Crippen molar-refractivity contribution in [3.8, 4) is 0 Å². The number of nitrogens with one attached hydrogen (secondary N) is 1. The smallest absolute Gasteiger partial charge is 0.248 e. The van der Waals surface area contributed by atoms with Crippen LogP contribution in [0.25, 0.3) is 6.08 Å². The van der Waals surface area contributed by atoms with Gasteiger partial charge in [-0.3, -0.25) is 9.59 Å². The van der Waals surface area contributed by atoms with Crippen LogP contribution in [-0.4, -0.2) is 29.1 Å². The maximum atomic E-state index is 11.7. The Morgan fingerprint density at radius 1 is 1.33 bits per heavy atom. The Kier molecular flexibility index (Phi) is 5.67. The fraction of sp³-hybridized carbons (Fsp3) is 0.375. The number of hydrogen-bond acceptors (Lipinski definition) is 3. The van der Waals surface area contributed by atoms with Gasteiger partial charge in [-0.1, -0.05) is 26.0 Å². The Hall–Kier alpha value is -2.14. The summed E-state index contributed by atoms with van der Waals surface area (Å²) in [6.45, 7) is 5.66. The van der Waals surface area contributed by atoms with Crippen LogP contribution in [0.2, 0.25) is 0 Å². The zero-order valence-electron chi connectivity index (χ0n) is 12.6. The molecule has 0 spiro atoms. The largest absolute Gasteiger partial charge is 0.388 e. The molecule has 1 aromatic carbocycles. The van der Waals surface area contributed by atoms with Gasteiger partial charge in [0.05, 0.1) is 5.60 Å². The molecule has 0 aliphatic rings. The first kappa shape index (κ1) is 16.9. The van der Waals surface area contributed by atoms with Crippen LogP contribution in [0.4, 0.5) is 0 Å². The minimum absolute atomic E-state index is 0.0446. The molecule has 0 aliphatic heterocycles. The van der Waals surface area contributed by atoms with Gasteiger partial charge in [-0.15, -0.1) is 0 Å². The molecule has 1 aromatic rings. The van der Waals surface area contributed by atoms with E-state index in [0.717, 1.165) is 5.56 Å². The van der Waals surface area contributed by atoms with E-state index in [-0.39, 0.29) is 18.4 Å². The molecule has 4 N–H and O–H groups in total. The molecular formula is C16H22N2O3. The molecule has 114 valence electrons. The summed E-state index contributed by atoms with van der Waals surface area (Å²) in [5.74, 6) is -0.725. The van der Waals surface area contributed by atoms with Crippen LogP contribution < -0.4 is 11.1 Å². The number of carbonyl (C=O) groups excluding carboxylic acids is 2. The normalized spacial score (nSPS) is 14.1. The zero-order chi connectivity index (χ0) is 16.0. The molecule has 1 atom stereocenters. The molecule has 0 saturated heterocycles. The number of aliphatic hydroxyl groups is 1. The summed E-state index contributed by atoms with van der Waals surface area (Å²) in [4.78, 5) is 22.6. The van der Waals surface area contributed by atoms with Crippen molar-refractivity contribution >= 4 is 17.9 Å². The summed E-state index contributed by atoms with van der Waals surface area (Å²) >= 11 is 0. The lowest BCUT2D eigenvalue weighted by atomic mass is 9.92. The van der Waals surface area contributed by atoms with Crippen molar-refractivity contribution in [2.45, 2.75) is 26.4 Å². The van der Waals surface area contributed by atoms with Gasteiger partial charge < -0.3 is 16.2 Å². The molecule has 2 amide bonds. The predicted molar refractivity (Wildman–Crippen MR) is 82.5 cm³/mol. The van der Waals surface area contributed by atoms with E-state index in [9.17, 15) is 14.7 Å². The highest BCUT2D eigenvalue weighted by Crippen LogP contribution is 2.14. The van der Waals surface area contributed by atoms with E-state index in [2.05, 4.69) is 5.32 Å². The lowest BCUT2D eigenvalue weighted by Crippen LogP contribution is -2.43. The number of nitrogens with two attached hydrogens (primary N) is 1. The average molecular weight is 290 g/mol. The van der Waals surface area contributed by atoms with Crippen LogP contribution in [-0.2, 0) is 4.79 Å². The van der Waals surface area contributed by atoms with Crippen molar-refractivity contribution in [3.05, 3.63) is 41.5 Å². The van der Waals surface area contributed by atoms with Crippen molar-refractivity contribution in [2.75, 3.05) is 6.54 Å². The van der Waals surface area contributed by atoms with E-state index < -0.39 is 11.5 Å². The number of primary amides is 1. The molecule has 21 heavy (non-hydrogen) atoms. The van der Waals surface area contributed by atoms with E-state index in [0.29, 0.717) is 5.56 Å². The van der Waals surface area contributed by atoms with E-state index in [1.807, 2.05) is 13.8 Å². The number of rotatable bonds is 6. The summed E-state index contributed by atoms with van der Waals surface area (Å²) in [6.07, 6.45) is 3.01. The van der Waals surface area contributed by atoms with Crippen molar-refractivity contribution in [1.29, 1.82) is 0 Å². The lowest BCUT2D eigenvalue weighted by molar-refractivity contribution is -0.118. The maximum absolute atomic E-state index is 11.7. The number of carbonyl (C=O) groups is 2. The lowest BCUT2D eigenvalue weighted by Gasteiger charge is -2.27. The molecule has 5 nitrogen and oxygen atoms in total. The number of amides is 2. The molecule has 0 saturated carbocycles. The van der Waals surface area contributed by atoms with Crippen LogP contribution in [0.15, 0.2) is 30.3 Å². The Bertz CT molecular complexity index is 531. The minimum atomic E-state index is -0.938. The fourth-order valence-electron chi connectivity index (χ4n) is 1.46. The summed E-state index contributed by atoms with van der Waals surface area (Å²) < 4.78 is 0. The predicted octanol–water partition coefficient (Wildman–Crippen LogP) is 1.32. The molecule has 0 radical (unpaired) electrons. The second kappa shape index (κ2) is 7.04. The van der Waals surface area contributed by atoms with Gasteiger partial charge in [0.1, 0.15) is 0 Å². The molecule has 1 unspecified atom stereocenters. The molecule has 1 rings (SSSR count). The standard InChI is InChI=1S/C16H22N2O3/c1-11(2)16(3,21)10-18-14(19)9-6-12-4-7-13(8-5-12)15(17)20/h4-9,11,21H,10H2,1-3H3,(H2,17,20)(H,18,19). The van der Waals surface area contributed by atoms with Crippen molar-refractivity contribution in [1.82, 2.24) is 5.32 Å². The van der Waals surface area contributed by atoms with Crippen LogP contribution in [0.5, 0.6) is 0 Å². The van der Waals surface area contributed by atoms with Gasteiger partial charge in [-0.05, 0) is 36.6 Å². The third kappa shape index (κ3) is 5.39. The van der Waals surface area contributed by atoms with Crippen LogP contribution in [0.3, 0.4) is 0 Å². The maximum Gasteiger partial charge on any atom is 0.248 e. The number of benzene rings is 1. The van der Waals surface area contributed by atoms with Gasteiger partial charge in [-0.2, -0.15) is 0 Å². The Labute approximate surface area is 124 Å². The average Bonchev–Trinajstić information content (AvgIpc) is 2.43. The van der Waals surface area contributed by atoms with Crippen molar-refractivity contribution in [2.24, 2.45) is 11.7 Å². The first-order valence-electron chi connectivity index (χ1n) is 6.80. The van der Waals surface area contributed by atoms with Gasteiger partial charge >= 0.3 is 0 Å². The summed E-state index contributed by atoms with van der Waals surface area (Å²) in [6, 6.07) is 6.61. The van der Waals surface area contributed by atoms with E-state index in [1.54, 1.807) is 37.3 Å². The molecular weight excluding hydrogens is 268 g/mol. The Morgan fingerprint density at radius 2 is 1.90 bits per heavy atom. The minimum Gasteiger partial charge on any atom is -0.388 e. The summed E-state index contributed by atoms with van der Waals surface area (Å²) in [5.41, 5.74) is 5.41. The zero-order valence-corrected chi connectivity index (χ0v) is 12.6. The molecule has 0 bridgehead atoms. The van der Waals surface area contributed by atoms with Crippen LogP contribution in [0.1, 0.15) is 36.7 Å². The fourth-order valence-corrected chi connectivity index (χ4v) is 1.46. The first-order chi connectivity index (χ1) is 9.72. The highest BCUT2D eigenvalue weighted by molar-refractivity contribution is 5.94. The monoisotopic (exact) mass is 290 g/mol. The Balaban J connectivity index is 2.56. The quantitative estimate of drug-likeness (QED) is 0.690. The van der Waals surface area contributed by atoms with Gasteiger partial charge in [0, 0.05) is 18.2 Å². The van der Waals surface area contributed by atoms with E-state index in [1.165, 1.54) is 6.08 Å². The second-order valence-electron chi connectivity index (χ2n) is 5.55. The highest BCUT2D eigenvalue weighted by atomic mass is 16.3. The number of hydrogen-bond donors (Lipinski definition) is 3. The van der Waals surface area contributed by atoms with Gasteiger partial charge in [0.2, 0.25) is 11.8 Å². The molecule has 0 aliphatic carbocycles. The molecule has 0 aromatic heterocycles. The molecule has 0 fully saturated rings. The first-order valence-corrected chi connectivity index (χ1v) is 6.80. The summed E-state index contributed by atoms with van der Waals surface area (Å²) in [5, 5.41) is 12.7. The summed E-state index contributed by atoms with van der Waals surface area (Å²) in [7, 11) is 0. The van der Waals surface area contributed by atoms with Crippen molar-refractivity contribution in [3.63, 3.8) is 0 Å². The second-order valence-corrected chi connectivity index (χ2v) is 5.55. The SMILES string of the molecule is CC(C)C(C)(O)CNC(=O)C=Cc1ccc(C(N)=O)cc1. The highest BCUT2D eigenvalue weighted by Gasteiger charge is 2.24. The third-order valence-electron chi connectivity index (χ3n) is 3.49. The van der Waals surface area contributed by atoms with Crippen molar-refractivity contribution < 1.29 is 14.7 Å². The van der Waals surface area contributed by atoms with E-state index >= 15 is 0 Å². The van der Waals surface area contributed by atoms with Crippen LogP contribution >= 0.6 is 0 Å².